The molecule has 2 aromatic carbocycles. The highest BCUT2D eigenvalue weighted by molar-refractivity contribution is 5.96. The lowest BCUT2D eigenvalue weighted by atomic mass is 9.88. The molecule has 1 amide bonds. The molecule has 3 nitrogen and oxygen atoms in total. The third-order valence-corrected chi connectivity index (χ3v) is 4.84. The van der Waals surface area contributed by atoms with Crippen LogP contribution < -0.4 is 10.1 Å². The predicted octanol–water partition coefficient (Wildman–Crippen LogP) is 4.37. The molecular weight excluding hydrogens is 293 g/mol. The number of carbonyl (C=O) groups excluding carboxylic acids is 1. The highest BCUT2D eigenvalue weighted by atomic mass is 19.1. The molecule has 0 saturated carbocycles. The van der Waals surface area contributed by atoms with E-state index in [-0.39, 0.29) is 18.3 Å². The number of rotatable bonds is 1. The second-order valence-corrected chi connectivity index (χ2v) is 6.19. The molecule has 120 valence electrons. The Morgan fingerprint density at radius 3 is 2.35 bits per heavy atom. The summed E-state index contributed by atoms with van der Waals surface area (Å²) in [4.78, 5) is 11.5. The van der Waals surface area contributed by atoms with E-state index in [0.29, 0.717) is 22.6 Å². The summed E-state index contributed by atoms with van der Waals surface area (Å²) in [5, 5.41) is 2.79. The van der Waals surface area contributed by atoms with Crippen molar-refractivity contribution in [2.75, 3.05) is 11.9 Å². The van der Waals surface area contributed by atoms with Crippen LogP contribution in [0.2, 0.25) is 0 Å². The van der Waals surface area contributed by atoms with Crippen LogP contribution >= 0.6 is 0 Å². The Hall–Kier alpha value is -2.36. The topological polar surface area (TPSA) is 38.3 Å². The number of ether oxygens (including phenoxy) is 1. The zero-order chi connectivity index (χ0) is 16.9. The van der Waals surface area contributed by atoms with Gasteiger partial charge in [-0.05, 0) is 80.1 Å². The van der Waals surface area contributed by atoms with Crippen LogP contribution in [0.25, 0.3) is 11.1 Å². The second kappa shape index (κ2) is 5.37. The molecule has 0 atom stereocenters. The third kappa shape index (κ3) is 2.38. The van der Waals surface area contributed by atoms with Gasteiger partial charge >= 0.3 is 0 Å². The van der Waals surface area contributed by atoms with Crippen molar-refractivity contribution < 1.29 is 13.9 Å². The first-order valence-electron chi connectivity index (χ1n) is 7.64. The Morgan fingerprint density at radius 1 is 1.00 bits per heavy atom. The van der Waals surface area contributed by atoms with Gasteiger partial charge in [0.05, 0.1) is 5.69 Å². The molecule has 0 aromatic heterocycles. The predicted molar refractivity (Wildman–Crippen MR) is 89.6 cm³/mol. The van der Waals surface area contributed by atoms with Crippen molar-refractivity contribution >= 4 is 11.6 Å². The average molecular weight is 313 g/mol. The summed E-state index contributed by atoms with van der Waals surface area (Å²) in [7, 11) is 0. The van der Waals surface area contributed by atoms with Crippen molar-refractivity contribution in [3.05, 3.63) is 45.8 Å². The van der Waals surface area contributed by atoms with Crippen LogP contribution in [-0.2, 0) is 4.79 Å². The first-order chi connectivity index (χ1) is 10.8. The summed E-state index contributed by atoms with van der Waals surface area (Å²) in [5.74, 6) is 0.238. The van der Waals surface area contributed by atoms with Gasteiger partial charge in [0.25, 0.3) is 5.91 Å². The zero-order valence-electron chi connectivity index (χ0n) is 14.1. The maximum absolute atomic E-state index is 15.0. The van der Waals surface area contributed by atoms with Crippen LogP contribution in [0.3, 0.4) is 0 Å². The smallest absolute Gasteiger partial charge is 0.262 e. The lowest BCUT2D eigenvalue weighted by molar-refractivity contribution is -0.118. The number of carbonyl (C=O) groups is 1. The Kier molecular flexibility index (Phi) is 3.63. The lowest BCUT2D eigenvalue weighted by Gasteiger charge is -2.22. The van der Waals surface area contributed by atoms with E-state index in [0.717, 1.165) is 27.8 Å². The van der Waals surface area contributed by atoms with Crippen LogP contribution in [-0.4, -0.2) is 12.5 Å². The summed E-state index contributed by atoms with van der Waals surface area (Å²) in [6, 6.07) is 3.66. The normalized spacial score (nSPS) is 13.4. The summed E-state index contributed by atoms with van der Waals surface area (Å²) >= 11 is 0. The van der Waals surface area contributed by atoms with E-state index in [1.807, 2.05) is 33.8 Å². The van der Waals surface area contributed by atoms with Crippen molar-refractivity contribution in [2.24, 2.45) is 0 Å². The molecule has 23 heavy (non-hydrogen) atoms. The van der Waals surface area contributed by atoms with Gasteiger partial charge in [0.15, 0.2) is 6.61 Å². The molecule has 0 spiro atoms. The van der Waals surface area contributed by atoms with E-state index >= 15 is 0 Å². The van der Waals surface area contributed by atoms with Crippen molar-refractivity contribution in [1.29, 1.82) is 0 Å². The van der Waals surface area contributed by atoms with Gasteiger partial charge < -0.3 is 10.1 Å². The van der Waals surface area contributed by atoms with Crippen LogP contribution in [0.15, 0.2) is 12.1 Å². The fraction of sp³-hybridized carbons (Fsp3) is 0.316. The fourth-order valence-corrected chi connectivity index (χ4v) is 3.08. The number of halogens is 1. The van der Waals surface area contributed by atoms with Crippen molar-refractivity contribution in [3.8, 4) is 16.9 Å². The molecule has 0 bridgehead atoms. The molecule has 1 aliphatic heterocycles. The molecule has 1 aliphatic rings. The zero-order valence-corrected chi connectivity index (χ0v) is 14.1. The van der Waals surface area contributed by atoms with E-state index in [1.165, 1.54) is 0 Å². The monoisotopic (exact) mass is 313 g/mol. The molecule has 0 saturated heterocycles. The number of fused-ring (bicyclic) bond motifs is 1. The SMILES string of the molecule is Cc1cc2c(cc1-c1c(C)c(C)c(C)c(C)c1F)NC(=O)CO2. The van der Waals surface area contributed by atoms with E-state index in [9.17, 15) is 9.18 Å². The second-order valence-electron chi connectivity index (χ2n) is 6.19. The van der Waals surface area contributed by atoms with Gasteiger partial charge in [-0.2, -0.15) is 0 Å². The van der Waals surface area contributed by atoms with Gasteiger partial charge in [0.2, 0.25) is 0 Å². The summed E-state index contributed by atoms with van der Waals surface area (Å²) < 4.78 is 20.4. The van der Waals surface area contributed by atoms with E-state index in [2.05, 4.69) is 5.32 Å². The van der Waals surface area contributed by atoms with Crippen LogP contribution in [0.5, 0.6) is 5.75 Å². The Balaban J connectivity index is 2.28. The molecule has 2 aromatic rings. The number of anilines is 1. The van der Waals surface area contributed by atoms with Gasteiger partial charge in [0.1, 0.15) is 11.6 Å². The van der Waals surface area contributed by atoms with Crippen LogP contribution in [0, 0.1) is 40.4 Å². The van der Waals surface area contributed by atoms with Crippen molar-refractivity contribution in [1.82, 2.24) is 0 Å². The van der Waals surface area contributed by atoms with Gasteiger partial charge in [-0.3, -0.25) is 4.79 Å². The maximum Gasteiger partial charge on any atom is 0.262 e. The number of hydrogen-bond donors (Lipinski definition) is 1. The minimum absolute atomic E-state index is 0.0158. The van der Waals surface area contributed by atoms with Gasteiger partial charge in [-0.15, -0.1) is 0 Å². The van der Waals surface area contributed by atoms with Crippen molar-refractivity contribution in [2.45, 2.75) is 34.6 Å². The van der Waals surface area contributed by atoms with Crippen molar-refractivity contribution in [3.63, 3.8) is 0 Å². The summed E-state index contributed by atoms with van der Waals surface area (Å²) in [5.41, 5.74) is 6.58. The number of aryl methyl sites for hydroxylation is 1. The summed E-state index contributed by atoms with van der Waals surface area (Å²) in [6.45, 7) is 9.64. The third-order valence-electron chi connectivity index (χ3n) is 4.84. The highest BCUT2D eigenvalue weighted by Crippen LogP contribution is 2.40. The molecule has 1 heterocycles. The number of hydrogen-bond acceptors (Lipinski definition) is 2. The number of benzene rings is 2. The largest absolute Gasteiger partial charge is 0.482 e. The van der Waals surface area contributed by atoms with Crippen LogP contribution in [0.4, 0.5) is 10.1 Å². The fourth-order valence-electron chi connectivity index (χ4n) is 3.08. The van der Waals surface area contributed by atoms with E-state index in [1.54, 1.807) is 13.0 Å². The Bertz CT molecular complexity index is 811. The Labute approximate surface area is 135 Å². The van der Waals surface area contributed by atoms with Gasteiger partial charge in [-0.25, -0.2) is 4.39 Å². The number of nitrogens with one attached hydrogen (secondary N) is 1. The van der Waals surface area contributed by atoms with Gasteiger partial charge in [-0.1, -0.05) is 0 Å². The lowest BCUT2D eigenvalue weighted by Crippen LogP contribution is -2.25. The quantitative estimate of drug-likeness (QED) is 0.849. The summed E-state index contributed by atoms with van der Waals surface area (Å²) in [6.07, 6.45) is 0. The molecule has 0 fully saturated rings. The molecule has 0 unspecified atom stereocenters. The first-order valence-corrected chi connectivity index (χ1v) is 7.64. The molecule has 3 rings (SSSR count). The maximum atomic E-state index is 15.0. The molecule has 0 aliphatic carbocycles. The minimum atomic E-state index is -0.197. The molecule has 1 N–H and O–H groups in total. The standard InChI is InChI=1S/C19H20FNO2/c1-9-6-16-15(21-17(22)8-23-16)7-14(9)18-12(4)10(2)11(3)13(5)19(18)20/h6-7H,8H2,1-5H3,(H,21,22). The minimum Gasteiger partial charge on any atom is -0.482 e. The first kappa shape index (κ1) is 15.5. The average Bonchev–Trinajstić information content (AvgIpc) is 2.52. The molecule has 4 heteroatoms. The highest BCUT2D eigenvalue weighted by Gasteiger charge is 2.22. The Morgan fingerprint density at radius 2 is 1.65 bits per heavy atom. The van der Waals surface area contributed by atoms with E-state index < -0.39 is 0 Å². The number of amides is 1. The molecule has 0 radical (unpaired) electrons. The van der Waals surface area contributed by atoms with E-state index in [4.69, 9.17) is 4.74 Å². The van der Waals surface area contributed by atoms with Crippen LogP contribution in [0.1, 0.15) is 27.8 Å². The van der Waals surface area contributed by atoms with Gasteiger partial charge in [0, 0.05) is 5.56 Å². The molecular formula is C19H20FNO2.